The van der Waals surface area contributed by atoms with E-state index in [1.54, 1.807) is 18.5 Å². The van der Waals surface area contributed by atoms with Crippen LogP contribution in [0, 0.1) is 6.92 Å². The summed E-state index contributed by atoms with van der Waals surface area (Å²) < 4.78 is 5.69. The topological polar surface area (TPSA) is 61.0 Å². The van der Waals surface area contributed by atoms with Gasteiger partial charge in [0.15, 0.2) is 5.82 Å². The Hall–Kier alpha value is -1.94. The first-order valence-corrected chi connectivity index (χ1v) is 5.91. The summed E-state index contributed by atoms with van der Waals surface area (Å²) in [4.78, 5) is 8.23. The minimum Gasteiger partial charge on any atom is -0.485 e. The number of hydrogen-bond acceptors (Lipinski definition) is 4. The van der Waals surface area contributed by atoms with Gasteiger partial charge < -0.3 is 10.5 Å². The number of aromatic nitrogens is 2. The lowest BCUT2D eigenvalue weighted by Gasteiger charge is -2.11. The summed E-state index contributed by atoms with van der Waals surface area (Å²) in [5.74, 6) is 1.51. The Balaban J connectivity index is 2.06. The van der Waals surface area contributed by atoms with Crippen LogP contribution in [0.4, 0.5) is 0 Å². The third-order valence-electron chi connectivity index (χ3n) is 2.70. The van der Waals surface area contributed by atoms with Gasteiger partial charge in [-0.1, -0.05) is 12.1 Å². The highest BCUT2D eigenvalue weighted by atomic mass is 16.5. The van der Waals surface area contributed by atoms with Crippen molar-refractivity contribution >= 4 is 0 Å². The van der Waals surface area contributed by atoms with Crippen molar-refractivity contribution in [2.45, 2.75) is 26.5 Å². The van der Waals surface area contributed by atoms with E-state index in [1.807, 2.05) is 32.0 Å². The van der Waals surface area contributed by atoms with Crippen LogP contribution in [0.25, 0.3) is 0 Å². The number of ether oxygens (including phenoxy) is 1. The van der Waals surface area contributed by atoms with E-state index in [-0.39, 0.29) is 6.04 Å². The first kappa shape index (κ1) is 12.5. The molecule has 0 fully saturated rings. The van der Waals surface area contributed by atoms with Gasteiger partial charge in [-0.3, -0.25) is 0 Å². The van der Waals surface area contributed by atoms with E-state index >= 15 is 0 Å². The molecule has 0 spiro atoms. The molecule has 2 N–H and O–H groups in total. The third kappa shape index (κ3) is 3.05. The molecule has 1 aromatic heterocycles. The minimum absolute atomic E-state index is 0.0372. The van der Waals surface area contributed by atoms with Gasteiger partial charge >= 0.3 is 0 Å². The molecule has 1 atom stereocenters. The zero-order chi connectivity index (χ0) is 13.0. The quantitative estimate of drug-likeness (QED) is 0.895. The first-order chi connectivity index (χ1) is 8.66. The summed E-state index contributed by atoms with van der Waals surface area (Å²) in [5.41, 5.74) is 8.01. The van der Waals surface area contributed by atoms with Crippen molar-refractivity contribution in [2.75, 3.05) is 0 Å². The molecule has 0 aliphatic heterocycles. The molecule has 2 rings (SSSR count). The molecule has 0 aliphatic rings. The predicted octanol–water partition coefficient (Wildman–Crippen LogP) is 2.38. The molecule has 0 radical (unpaired) electrons. The van der Waals surface area contributed by atoms with Gasteiger partial charge in [0, 0.05) is 18.4 Å². The van der Waals surface area contributed by atoms with Crippen LogP contribution < -0.4 is 10.5 Å². The summed E-state index contributed by atoms with van der Waals surface area (Å²) in [6.45, 7) is 4.35. The molecule has 0 saturated heterocycles. The highest BCUT2D eigenvalue weighted by molar-refractivity contribution is 5.37. The lowest BCUT2D eigenvalue weighted by atomic mass is 10.1. The van der Waals surface area contributed by atoms with Gasteiger partial charge in [0.2, 0.25) is 0 Å². The minimum atomic E-state index is 0.0372. The fraction of sp³-hybridized carbons (Fsp3) is 0.286. The zero-order valence-corrected chi connectivity index (χ0v) is 10.6. The number of rotatable bonds is 4. The molecular formula is C14H17N3O. The highest BCUT2D eigenvalue weighted by Gasteiger charge is 2.05. The second-order valence-corrected chi connectivity index (χ2v) is 4.27. The summed E-state index contributed by atoms with van der Waals surface area (Å²) in [6, 6.07) is 7.80. The standard InChI is InChI=1S/C14H17N3O/c1-10-8-12(11(2)15)4-5-13(10)18-9-14-16-6-3-7-17-14/h3-8,11H,9,15H2,1-2H3/t11-/m0/s1. The van der Waals surface area contributed by atoms with E-state index in [2.05, 4.69) is 9.97 Å². The summed E-state index contributed by atoms with van der Waals surface area (Å²) in [6.07, 6.45) is 3.41. The van der Waals surface area contributed by atoms with Crippen LogP contribution in [-0.4, -0.2) is 9.97 Å². The zero-order valence-electron chi connectivity index (χ0n) is 10.6. The first-order valence-electron chi connectivity index (χ1n) is 5.91. The molecule has 0 bridgehead atoms. The second-order valence-electron chi connectivity index (χ2n) is 4.27. The third-order valence-corrected chi connectivity index (χ3v) is 2.70. The molecule has 4 heteroatoms. The number of benzene rings is 1. The molecule has 4 nitrogen and oxygen atoms in total. The van der Waals surface area contributed by atoms with Crippen LogP contribution in [0.5, 0.6) is 5.75 Å². The van der Waals surface area contributed by atoms with Crippen molar-refractivity contribution in [3.8, 4) is 5.75 Å². The van der Waals surface area contributed by atoms with Gasteiger partial charge in [-0.15, -0.1) is 0 Å². The van der Waals surface area contributed by atoms with Crippen LogP contribution in [0.15, 0.2) is 36.7 Å². The van der Waals surface area contributed by atoms with Crippen LogP contribution in [0.1, 0.15) is 29.9 Å². The van der Waals surface area contributed by atoms with Crippen molar-refractivity contribution in [3.05, 3.63) is 53.6 Å². The van der Waals surface area contributed by atoms with Crippen molar-refractivity contribution < 1.29 is 4.74 Å². The van der Waals surface area contributed by atoms with Crippen LogP contribution in [-0.2, 0) is 6.61 Å². The van der Waals surface area contributed by atoms with Crippen LogP contribution in [0.2, 0.25) is 0 Å². The molecule has 0 saturated carbocycles. The molecule has 2 aromatic rings. The van der Waals surface area contributed by atoms with Crippen molar-refractivity contribution in [2.24, 2.45) is 5.73 Å². The summed E-state index contributed by atoms with van der Waals surface area (Å²) in [5, 5.41) is 0. The van der Waals surface area contributed by atoms with Gasteiger partial charge in [-0.25, -0.2) is 9.97 Å². The normalized spacial score (nSPS) is 12.2. The molecule has 0 amide bonds. The Morgan fingerprint density at radius 2 is 2.00 bits per heavy atom. The van der Waals surface area contributed by atoms with Gasteiger partial charge in [-0.05, 0) is 37.1 Å². The maximum Gasteiger partial charge on any atom is 0.166 e. The largest absolute Gasteiger partial charge is 0.485 e. The average molecular weight is 243 g/mol. The predicted molar refractivity (Wildman–Crippen MR) is 70.1 cm³/mol. The van der Waals surface area contributed by atoms with E-state index in [9.17, 15) is 0 Å². The van der Waals surface area contributed by atoms with Gasteiger partial charge in [0.05, 0.1) is 0 Å². The second kappa shape index (κ2) is 5.60. The SMILES string of the molecule is Cc1cc([C@H](C)N)ccc1OCc1ncccn1. The highest BCUT2D eigenvalue weighted by Crippen LogP contribution is 2.22. The van der Waals surface area contributed by atoms with E-state index in [0.29, 0.717) is 12.4 Å². The van der Waals surface area contributed by atoms with E-state index in [0.717, 1.165) is 16.9 Å². The molecule has 18 heavy (non-hydrogen) atoms. The van der Waals surface area contributed by atoms with Crippen LogP contribution >= 0.6 is 0 Å². The molecule has 0 unspecified atom stereocenters. The monoisotopic (exact) mass is 243 g/mol. The smallest absolute Gasteiger partial charge is 0.166 e. The summed E-state index contributed by atoms with van der Waals surface area (Å²) >= 11 is 0. The number of aryl methyl sites for hydroxylation is 1. The van der Waals surface area contributed by atoms with Crippen molar-refractivity contribution in [1.82, 2.24) is 9.97 Å². The van der Waals surface area contributed by atoms with E-state index < -0.39 is 0 Å². The molecule has 1 aromatic carbocycles. The maximum absolute atomic E-state index is 5.84. The van der Waals surface area contributed by atoms with Crippen LogP contribution in [0.3, 0.4) is 0 Å². The lowest BCUT2D eigenvalue weighted by molar-refractivity contribution is 0.293. The van der Waals surface area contributed by atoms with Gasteiger partial charge in [0.25, 0.3) is 0 Å². The fourth-order valence-electron chi connectivity index (χ4n) is 1.66. The van der Waals surface area contributed by atoms with E-state index in [1.165, 1.54) is 0 Å². The Morgan fingerprint density at radius 1 is 1.28 bits per heavy atom. The lowest BCUT2D eigenvalue weighted by Crippen LogP contribution is -2.06. The number of hydrogen-bond donors (Lipinski definition) is 1. The van der Waals surface area contributed by atoms with Gasteiger partial charge in [0.1, 0.15) is 12.4 Å². The maximum atomic E-state index is 5.84. The number of nitrogens with two attached hydrogens (primary N) is 1. The molecular weight excluding hydrogens is 226 g/mol. The Morgan fingerprint density at radius 3 is 2.61 bits per heavy atom. The van der Waals surface area contributed by atoms with Gasteiger partial charge in [-0.2, -0.15) is 0 Å². The molecule has 0 aliphatic carbocycles. The fourth-order valence-corrected chi connectivity index (χ4v) is 1.66. The summed E-state index contributed by atoms with van der Waals surface area (Å²) in [7, 11) is 0. The number of nitrogens with zero attached hydrogens (tertiary/aromatic N) is 2. The molecule has 94 valence electrons. The van der Waals surface area contributed by atoms with Crippen molar-refractivity contribution in [1.29, 1.82) is 0 Å². The van der Waals surface area contributed by atoms with E-state index in [4.69, 9.17) is 10.5 Å². The molecule has 1 heterocycles. The Bertz CT molecular complexity index is 512. The van der Waals surface area contributed by atoms with Crippen molar-refractivity contribution in [3.63, 3.8) is 0 Å². The Kier molecular flexibility index (Phi) is 3.89. The average Bonchev–Trinajstić information content (AvgIpc) is 2.38. The Labute approximate surface area is 107 Å².